The van der Waals surface area contributed by atoms with Crippen molar-refractivity contribution in [3.63, 3.8) is 0 Å². The highest BCUT2D eigenvalue weighted by atomic mass is 16.6. The van der Waals surface area contributed by atoms with E-state index in [1.165, 1.54) is 12.0 Å². The number of rotatable bonds is 7. The van der Waals surface area contributed by atoms with E-state index < -0.39 is 35.9 Å². The van der Waals surface area contributed by atoms with Crippen LogP contribution in [0.4, 0.5) is 4.79 Å². The van der Waals surface area contributed by atoms with Crippen LogP contribution in [-0.4, -0.2) is 59.8 Å². The molecule has 0 aromatic heterocycles. The summed E-state index contributed by atoms with van der Waals surface area (Å²) >= 11 is 0. The summed E-state index contributed by atoms with van der Waals surface area (Å²) in [6, 6.07) is -0.798. The molecule has 1 N–H and O–H groups in total. The standard InChI is InChI=1S/C22H41NO6/c1-8-15(2)12-13-17-10-9-11-18(20(25)28-16(3)19(17)24)23(14-27-7)21(26)29-22(4,5)6/h15-19,24H,8-14H2,1-7H3. The normalized spacial score (nSPS) is 27.2. The fourth-order valence-corrected chi connectivity index (χ4v) is 3.61. The fraction of sp³-hybridized carbons (Fsp3) is 0.909. The van der Waals surface area contributed by atoms with Crippen molar-refractivity contribution < 1.29 is 28.9 Å². The summed E-state index contributed by atoms with van der Waals surface area (Å²) in [5, 5.41) is 10.8. The number of methoxy groups -OCH3 is 1. The van der Waals surface area contributed by atoms with Crippen molar-refractivity contribution in [3.05, 3.63) is 0 Å². The van der Waals surface area contributed by atoms with Gasteiger partial charge in [0.05, 0.1) is 6.10 Å². The van der Waals surface area contributed by atoms with E-state index in [1.54, 1.807) is 27.7 Å². The summed E-state index contributed by atoms with van der Waals surface area (Å²) in [5.74, 6) is 0.148. The smallest absolute Gasteiger partial charge is 0.412 e. The van der Waals surface area contributed by atoms with Crippen LogP contribution in [0.2, 0.25) is 0 Å². The highest BCUT2D eigenvalue weighted by Crippen LogP contribution is 2.29. The van der Waals surface area contributed by atoms with Crippen molar-refractivity contribution in [2.45, 2.75) is 104 Å². The average molecular weight is 416 g/mol. The molecule has 1 rings (SSSR count). The molecule has 1 saturated heterocycles. The van der Waals surface area contributed by atoms with Crippen LogP contribution in [0.5, 0.6) is 0 Å². The molecule has 1 fully saturated rings. The number of nitrogens with zero attached hydrogens (tertiary/aromatic N) is 1. The molecule has 1 amide bonds. The molecule has 0 saturated carbocycles. The van der Waals surface area contributed by atoms with Crippen molar-refractivity contribution >= 4 is 12.1 Å². The SMILES string of the molecule is CCC(C)CCC1CCCC(N(COC)C(=O)OC(C)(C)C)C(=O)OC(C)C1O. The van der Waals surface area contributed by atoms with Crippen LogP contribution >= 0.6 is 0 Å². The maximum atomic E-state index is 12.8. The molecule has 7 heteroatoms. The maximum Gasteiger partial charge on any atom is 0.412 e. The number of esters is 1. The Hall–Kier alpha value is -1.34. The number of carbonyl (C=O) groups is 2. The largest absolute Gasteiger partial charge is 0.458 e. The number of carbonyl (C=O) groups excluding carboxylic acids is 2. The van der Waals surface area contributed by atoms with Gasteiger partial charge in [-0.1, -0.05) is 33.1 Å². The molecule has 0 bridgehead atoms. The van der Waals surface area contributed by atoms with Gasteiger partial charge < -0.3 is 19.3 Å². The van der Waals surface area contributed by atoms with Crippen LogP contribution in [0.25, 0.3) is 0 Å². The zero-order valence-electron chi connectivity index (χ0n) is 19.3. The van der Waals surface area contributed by atoms with Gasteiger partial charge in [-0.3, -0.25) is 4.90 Å². The molecule has 170 valence electrons. The minimum absolute atomic E-state index is 0.0664. The Labute approximate surface area is 176 Å². The number of hydrogen-bond donors (Lipinski definition) is 1. The molecule has 1 aliphatic heterocycles. The van der Waals surface area contributed by atoms with Gasteiger partial charge in [0.1, 0.15) is 24.5 Å². The topological polar surface area (TPSA) is 85.3 Å². The average Bonchev–Trinajstić information content (AvgIpc) is 2.67. The molecule has 0 spiro atoms. The molecule has 29 heavy (non-hydrogen) atoms. The van der Waals surface area contributed by atoms with E-state index in [1.807, 2.05) is 0 Å². The Bertz CT molecular complexity index is 518. The predicted octanol–water partition coefficient (Wildman–Crippen LogP) is 4.12. The number of cyclic esters (lactones) is 1. The van der Waals surface area contributed by atoms with Crippen molar-refractivity contribution in [3.8, 4) is 0 Å². The molecule has 0 aliphatic carbocycles. The van der Waals surface area contributed by atoms with Crippen molar-refractivity contribution in [2.75, 3.05) is 13.8 Å². The van der Waals surface area contributed by atoms with Gasteiger partial charge in [0.15, 0.2) is 0 Å². The highest BCUT2D eigenvalue weighted by Gasteiger charge is 2.38. The van der Waals surface area contributed by atoms with Gasteiger partial charge in [-0.2, -0.15) is 0 Å². The van der Waals surface area contributed by atoms with Gasteiger partial charge in [0.25, 0.3) is 0 Å². The van der Waals surface area contributed by atoms with Gasteiger partial charge in [-0.05, 0) is 58.8 Å². The monoisotopic (exact) mass is 415 g/mol. The van der Waals surface area contributed by atoms with E-state index in [4.69, 9.17) is 14.2 Å². The van der Waals surface area contributed by atoms with Crippen LogP contribution in [0.15, 0.2) is 0 Å². The lowest BCUT2D eigenvalue weighted by atomic mass is 9.86. The number of hydrogen-bond acceptors (Lipinski definition) is 6. The second-order valence-corrected chi connectivity index (χ2v) is 9.30. The van der Waals surface area contributed by atoms with Gasteiger partial charge in [0, 0.05) is 7.11 Å². The van der Waals surface area contributed by atoms with Gasteiger partial charge in [-0.15, -0.1) is 0 Å². The lowest BCUT2D eigenvalue weighted by Crippen LogP contribution is -2.49. The molecular formula is C22H41NO6. The van der Waals surface area contributed by atoms with E-state index in [0.717, 1.165) is 25.7 Å². The first-order valence-electron chi connectivity index (χ1n) is 10.9. The molecule has 1 heterocycles. The summed E-state index contributed by atoms with van der Waals surface area (Å²) in [6.07, 6.45) is 3.03. The van der Waals surface area contributed by atoms with E-state index in [0.29, 0.717) is 18.8 Å². The van der Waals surface area contributed by atoms with E-state index in [-0.39, 0.29) is 12.6 Å². The van der Waals surface area contributed by atoms with Crippen LogP contribution in [0, 0.1) is 11.8 Å². The van der Waals surface area contributed by atoms with Crippen molar-refractivity contribution in [1.29, 1.82) is 0 Å². The van der Waals surface area contributed by atoms with Gasteiger partial charge in [0.2, 0.25) is 0 Å². The number of amides is 1. The molecule has 0 aromatic carbocycles. The lowest BCUT2D eigenvalue weighted by Gasteiger charge is -2.32. The second-order valence-electron chi connectivity index (χ2n) is 9.30. The Kier molecular flexibility index (Phi) is 10.4. The van der Waals surface area contributed by atoms with E-state index in [9.17, 15) is 14.7 Å². The number of aliphatic hydroxyl groups excluding tert-OH is 1. The number of aliphatic hydroxyl groups is 1. The summed E-state index contributed by atoms with van der Waals surface area (Å²) < 4.78 is 16.2. The van der Waals surface area contributed by atoms with Crippen LogP contribution < -0.4 is 0 Å². The minimum Gasteiger partial charge on any atom is -0.458 e. The summed E-state index contributed by atoms with van der Waals surface area (Å²) in [7, 11) is 1.47. The quantitative estimate of drug-likeness (QED) is 0.497. The Morgan fingerprint density at radius 2 is 2.00 bits per heavy atom. The van der Waals surface area contributed by atoms with Crippen molar-refractivity contribution in [2.24, 2.45) is 11.8 Å². The maximum absolute atomic E-state index is 12.8. The summed E-state index contributed by atoms with van der Waals surface area (Å²) in [4.78, 5) is 26.8. The molecular weight excluding hydrogens is 374 g/mol. The minimum atomic E-state index is -0.798. The molecule has 7 nitrogen and oxygen atoms in total. The molecule has 5 unspecified atom stereocenters. The zero-order chi connectivity index (χ0) is 22.2. The first kappa shape index (κ1) is 25.7. The Morgan fingerprint density at radius 1 is 1.34 bits per heavy atom. The van der Waals surface area contributed by atoms with Gasteiger partial charge >= 0.3 is 12.1 Å². The third kappa shape index (κ3) is 8.51. The third-order valence-electron chi connectivity index (χ3n) is 5.59. The first-order valence-corrected chi connectivity index (χ1v) is 10.9. The third-order valence-corrected chi connectivity index (χ3v) is 5.59. The number of ether oxygens (including phenoxy) is 3. The van der Waals surface area contributed by atoms with Crippen LogP contribution in [-0.2, 0) is 19.0 Å². The fourth-order valence-electron chi connectivity index (χ4n) is 3.61. The molecule has 0 aromatic rings. The van der Waals surface area contributed by atoms with E-state index in [2.05, 4.69) is 13.8 Å². The van der Waals surface area contributed by atoms with Crippen LogP contribution in [0.1, 0.15) is 80.1 Å². The zero-order valence-corrected chi connectivity index (χ0v) is 19.3. The molecule has 0 radical (unpaired) electrons. The molecule has 5 atom stereocenters. The lowest BCUT2D eigenvalue weighted by molar-refractivity contribution is -0.163. The van der Waals surface area contributed by atoms with Gasteiger partial charge in [-0.25, -0.2) is 9.59 Å². The highest BCUT2D eigenvalue weighted by molar-refractivity contribution is 5.81. The summed E-state index contributed by atoms with van der Waals surface area (Å²) in [6.45, 7) is 11.4. The Morgan fingerprint density at radius 3 is 2.55 bits per heavy atom. The molecule has 1 aliphatic rings. The summed E-state index contributed by atoms with van der Waals surface area (Å²) in [5.41, 5.74) is -0.684. The first-order chi connectivity index (χ1) is 13.5. The van der Waals surface area contributed by atoms with Crippen LogP contribution in [0.3, 0.4) is 0 Å². The van der Waals surface area contributed by atoms with E-state index >= 15 is 0 Å². The Balaban J connectivity index is 2.95. The second kappa shape index (κ2) is 11.7. The predicted molar refractivity (Wildman–Crippen MR) is 111 cm³/mol. The van der Waals surface area contributed by atoms with Crippen molar-refractivity contribution in [1.82, 2.24) is 4.90 Å².